The first kappa shape index (κ1) is 5.06. The molecule has 0 saturated carbocycles. The van der Waals surface area contributed by atoms with Crippen LogP contribution in [0, 0.1) is 0 Å². The second kappa shape index (κ2) is 1.80. The molecule has 0 aliphatic carbocycles. The van der Waals surface area contributed by atoms with E-state index in [-0.39, 0.29) is 0 Å². The van der Waals surface area contributed by atoms with E-state index < -0.39 is 0 Å². The van der Waals surface area contributed by atoms with E-state index in [1.807, 2.05) is 0 Å². The Morgan fingerprint density at radius 2 is 2.43 bits per heavy atom. The van der Waals surface area contributed by atoms with Crippen LogP contribution in [0.1, 0.15) is 13.3 Å². The lowest BCUT2D eigenvalue weighted by Crippen LogP contribution is -2.40. The van der Waals surface area contributed by atoms with Gasteiger partial charge in [0.2, 0.25) is 0 Å². The first-order valence-electron chi connectivity index (χ1n) is 2.68. The van der Waals surface area contributed by atoms with E-state index in [1.165, 1.54) is 0 Å². The van der Waals surface area contributed by atoms with E-state index in [9.17, 15) is 0 Å². The highest BCUT2D eigenvalue weighted by Gasteiger charge is 2.23. The van der Waals surface area contributed by atoms with Gasteiger partial charge in [0.05, 0.1) is 12.2 Å². The van der Waals surface area contributed by atoms with Crippen molar-refractivity contribution in [3.63, 3.8) is 0 Å². The predicted octanol–water partition coefficient (Wildman–Crippen LogP) is 0.122. The molecule has 1 rings (SSSR count). The SMILES string of the molecule is CC1CC(CN)O1. The third-order valence-electron chi connectivity index (χ3n) is 1.28. The summed E-state index contributed by atoms with van der Waals surface area (Å²) in [5, 5.41) is 0. The van der Waals surface area contributed by atoms with Gasteiger partial charge in [-0.15, -0.1) is 0 Å². The zero-order chi connectivity index (χ0) is 5.28. The molecule has 1 fully saturated rings. The van der Waals surface area contributed by atoms with E-state index >= 15 is 0 Å². The molecule has 1 aliphatic rings. The summed E-state index contributed by atoms with van der Waals surface area (Å²) in [6.45, 7) is 2.75. The van der Waals surface area contributed by atoms with Gasteiger partial charge in [-0.05, 0) is 6.92 Å². The Morgan fingerprint density at radius 3 is 2.57 bits per heavy atom. The summed E-state index contributed by atoms with van der Waals surface area (Å²) in [5.41, 5.74) is 5.27. The van der Waals surface area contributed by atoms with Crippen LogP contribution in [0.5, 0.6) is 0 Å². The molecular formula is C5H11NO. The summed E-state index contributed by atoms with van der Waals surface area (Å²) in [7, 11) is 0. The van der Waals surface area contributed by atoms with Gasteiger partial charge in [0.25, 0.3) is 0 Å². The molecule has 0 spiro atoms. The van der Waals surface area contributed by atoms with Crippen LogP contribution in [0.3, 0.4) is 0 Å². The monoisotopic (exact) mass is 101 g/mol. The average Bonchev–Trinajstić information content (AvgIpc) is 1.58. The second-order valence-electron chi connectivity index (χ2n) is 2.04. The first-order valence-corrected chi connectivity index (χ1v) is 2.68. The molecule has 0 radical (unpaired) electrons. The minimum atomic E-state index is 0.370. The Labute approximate surface area is 43.6 Å². The maximum atomic E-state index is 5.27. The number of hydrogen-bond acceptors (Lipinski definition) is 2. The summed E-state index contributed by atoms with van der Waals surface area (Å²) in [6.07, 6.45) is 1.99. The molecular weight excluding hydrogens is 90.1 g/mol. The van der Waals surface area contributed by atoms with Gasteiger partial charge in [-0.1, -0.05) is 0 Å². The molecule has 7 heavy (non-hydrogen) atoms. The minimum Gasteiger partial charge on any atom is -0.374 e. The molecule has 0 amide bonds. The molecule has 2 heteroatoms. The Kier molecular flexibility index (Phi) is 1.30. The van der Waals surface area contributed by atoms with Crippen molar-refractivity contribution in [3.8, 4) is 0 Å². The molecule has 1 saturated heterocycles. The first-order chi connectivity index (χ1) is 3.33. The molecule has 1 aliphatic heterocycles. The molecule has 0 aromatic rings. The lowest BCUT2D eigenvalue weighted by atomic mass is 10.1. The summed E-state index contributed by atoms with van der Waals surface area (Å²) in [6, 6.07) is 0. The zero-order valence-electron chi connectivity index (χ0n) is 4.55. The number of hydrogen-bond donors (Lipinski definition) is 1. The summed E-state index contributed by atoms with van der Waals surface area (Å²) in [4.78, 5) is 0. The maximum Gasteiger partial charge on any atom is 0.0725 e. The average molecular weight is 101 g/mol. The molecule has 0 aromatic carbocycles. The third-order valence-corrected chi connectivity index (χ3v) is 1.28. The van der Waals surface area contributed by atoms with Crippen molar-refractivity contribution >= 4 is 0 Å². The molecule has 1 heterocycles. The van der Waals surface area contributed by atoms with Crippen LogP contribution < -0.4 is 5.73 Å². The molecule has 0 aromatic heterocycles. The number of nitrogens with two attached hydrogens (primary N) is 1. The molecule has 2 atom stereocenters. The maximum absolute atomic E-state index is 5.27. The highest BCUT2D eigenvalue weighted by atomic mass is 16.5. The predicted molar refractivity (Wildman–Crippen MR) is 28.0 cm³/mol. The minimum absolute atomic E-state index is 0.370. The van der Waals surface area contributed by atoms with E-state index in [1.54, 1.807) is 0 Å². The van der Waals surface area contributed by atoms with Gasteiger partial charge >= 0.3 is 0 Å². The van der Waals surface area contributed by atoms with Gasteiger partial charge in [0.15, 0.2) is 0 Å². The molecule has 2 nitrogen and oxygen atoms in total. The standard InChI is InChI=1S/C5H11NO/c1-4-2-5(3-6)7-4/h4-5H,2-3,6H2,1H3. The Balaban J connectivity index is 2.06. The highest BCUT2D eigenvalue weighted by Crippen LogP contribution is 2.17. The van der Waals surface area contributed by atoms with Gasteiger partial charge in [-0.25, -0.2) is 0 Å². The number of rotatable bonds is 1. The van der Waals surface area contributed by atoms with Crippen LogP contribution in [-0.2, 0) is 4.74 Å². The smallest absolute Gasteiger partial charge is 0.0725 e. The van der Waals surface area contributed by atoms with E-state index in [2.05, 4.69) is 6.92 Å². The number of ether oxygens (including phenoxy) is 1. The second-order valence-corrected chi connectivity index (χ2v) is 2.04. The largest absolute Gasteiger partial charge is 0.374 e. The van der Waals surface area contributed by atoms with E-state index in [0.717, 1.165) is 6.42 Å². The Morgan fingerprint density at radius 1 is 1.86 bits per heavy atom. The van der Waals surface area contributed by atoms with Crippen molar-refractivity contribution in [1.82, 2.24) is 0 Å². The summed E-state index contributed by atoms with van der Waals surface area (Å²) in [5.74, 6) is 0. The zero-order valence-corrected chi connectivity index (χ0v) is 4.55. The summed E-state index contributed by atoms with van der Waals surface area (Å²) < 4.78 is 5.16. The van der Waals surface area contributed by atoms with E-state index in [0.29, 0.717) is 18.8 Å². The van der Waals surface area contributed by atoms with Crippen molar-refractivity contribution in [2.45, 2.75) is 25.6 Å². The van der Waals surface area contributed by atoms with Crippen molar-refractivity contribution < 1.29 is 4.74 Å². The quantitative estimate of drug-likeness (QED) is 0.509. The fraction of sp³-hybridized carbons (Fsp3) is 1.00. The van der Waals surface area contributed by atoms with Crippen LogP contribution in [0.15, 0.2) is 0 Å². The fourth-order valence-electron chi connectivity index (χ4n) is 0.839. The van der Waals surface area contributed by atoms with Crippen LogP contribution in [0.2, 0.25) is 0 Å². The van der Waals surface area contributed by atoms with Crippen molar-refractivity contribution in [2.75, 3.05) is 6.54 Å². The van der Waals surface area contributed by atoms with Crippen LogP contribution in [0.4, 0.5) is 0 Å². The fourth-order valence-corrected chi connectivity index (χ4v) is 0.839. The van der Waals surface area contributed by atoms with Crippen LogP contribution in [-0.4, -0.2) is 18.8 Å². The topological polar surface area (TPSA) is 35.2 Å². The van der Waals surface area contributed by atoms with Crippen molar-refractivity contribution in [2.24, 2.45) is 5.73 Å². The molecule has 2 N–H and O–H groups in total. The van der Waals surface area contributed by atoms with Gasteiger partial charge in [0, 0.05) is 13.0 Å². The van der Waals surface area contributed by atoms with Gasteiger partial charge < -0.3 is 10.5 Å². The Bertz CT molecular complexity index is 59.1. The van der Waals surface area contributed by atoms with Crippen molar-refractivity contribution in [3.05, 3.63) is 0 Å². The molecule has 0 bridgehead atoms. The highest BCUT2D eigenvalue weighted by molar-refractivity contribution is 4.73. The van der Waals surface area contributed by atoms with Gasteiger partial charge in [0.1, 0.15) is 0 Å². The van der Waals surface area contributed by atoms with E-state index in [4.69, 9.17) is 10.5 Å². The normalized spacial score (nSPS) is 40.3. The van der Waals surface area contributed by atoms with Crippen LogP contribution >= 0.6 is 0 Å². The Hall–Kier alpha value is -0.0800. The summed E-state index contributed by atoms with van der Waals surface area (Å²) >= 11 is 0. The third kappa shape index (κ3) is 0.924. The lowest BCUT2D eigenvalue weighted by molar-refractivity contribution is -0.107. The van der Waals surface area contributed by atoms with Gasteiger partial charge in [-0.3, -0.25) is 0 Å². The van der Waals surface area contributed by atoms with Crippen molar-refractivity contribution in [1.29, 1.82) is 0 Å². The van der Waals surface area contributed by atoms with Crippen LogP contribution in [0.25, 0.3) is 0 Å². The lowest BCUT2D eigenvalue weighted by Gasteiger charge is -2.32. The molecule has 42 valence electrons. The molecule has 2 unspecified atom stereocenters. The van der Waals surface area contributed by atoms with Gasteiger partial charge in [-0.2, -0.15) is 0 Å².